The predicted octanol–water partition coefficient (Wildman–Crippen LogP) is 2.48. The third-order valence-corrected chi connectivity index (χ3v) is 2.72. The highest BCUT2D eigenvalue weighted by molar-refractivity contribution is 6.28. The molecule has 1 fully saturated rings. The minimum atomic E-state index is -0.461. The molecule has 1 aromatic rings. The molecule has 76 valence electrons. The van der Waals surface area contributed by atoms with Crippen molar-refractivity contribution in [2.75, 3.05) is 5.32 Å². The van der Waals surface area contributed by atoms with Gasteiger partial charge in [-0.2, -0.15) is 4.98 Å². The zero-order chi connectivity index (χ0) is 10.3. The quantitative estimate of drug-likeness (QED) is 0.771. The van der Waals surface area contributed by atoms with Crippen LogP contribution < -0.4 is 5.32 Å². The summed E-state index contributed by atoms with van der Waals surface area (Å²) in [5.74, 6) is -0.266. The molecule has 2 rings (SSSR count). The zero-order valence-electron chi connectivity index (χ0n) is 8.01. The zero-order valence-corrected chi connectivity index (χ0v) is 8.77. The van der Waals surface area contributed by atoms with Crippen LogP contribution in [-0.4, -0.2) is 16.0 Å². The summed E-state index contributed by atoms with van der Waals surface area (Å²) in [4.78, 5) is 7.33. The molecule has 1 atom stereocenters. The second-order valence-electron chi connectivity index (χ2n) is 4.23. The van der Waals surface area contributed by atoms with Gasteiger partial charge >= 0.3 is 0 Å². The highest BCUT2D eigenvalue weighted by Gasteiger charge is 2.46. The Kier molecular flexibility index (Phi) is 2.10. The summed E-state index contributed by atoms with van der Waals surface area (Å²) in [5, 5.41) is 3.07. The van der Waals surface area contributed by atoms with E-state index in [0.717, 1.165) is 12.6 Å². The maximum Gasteiger partial charge on any atom is 0.224 e. The predicted molar refractivity (Wildman–Crippen MR) is 52.8 cm³/mol. The van der Waals surface area contributed by atoms with Crippen LogP contribution in [0.4, 0.5) is 10.2 Å². The van der Waals surface area contributed by atoms with Crippen molar-refractivity contribution >= 4 is 17.4 Å². The van der Waals surface area contributed by atoms with E-state index in [2.05, 4.69) is 29.1 Å². The first-order valence-electron chi connectivity index (χ1n) is 4.43. The molecule has 0 amide bonds. The summed E-state index contributed by atoms with van der Waals surface area (Å²) in [6, 6.07) is 0.281. The standard InChI is InChI=1S/C9H11ClFN3/c1-9(2)3-6(9)13-7-5(11)4-12-8(10)14-7/h4,6H,3H2,1-2H3,(H,12,13,14). The van der Waals surface area contributed by atoms with Gasteiger partial charge < -0.3 is 5.32 Å². The van der Waals surface area contributed by atoms with Crippen molar-refractivity contribution < 1.29 is 4.39 Å². The number of anilines is 1. The molecule has 0 radical (unpaired) electrons. The Morgan fingerprint density at radius 2 is 2.29 bits per heavy atom. The molecule has 1 saturated carbocycles. The van der Waals surface area contributed by atoms with Crippen LogP contribution in [0.3, 0.4) is 0 Å². The third kappa shape index (κ3) is 1.80. The first-order chi connectivity index (χ1) is 6.49. The van der Waals surface area contributed by atoms with Crippen LogP contribution in [0.25, 0.3) is 0 Å². The molecular formula is C9H11ClFN3. The van der Waals surface area contributed by atoms with E-state index in [9.17, 15) is 4.39 Å². The molecule has 5 heteroatoms. The van der Waals surface area contributed by atoms with Gasteiger partial charge in [0.1, 0.15) is 0 Å². The Morgan fingerprint density at radius 1 is 1.64 bits per heavy atom. The number of nitrogens with zero attached hydrogens (tertiary/aromatic N) is 2. The highest BCUT2D eigenvalue weighted by Crippen LogP contribution is 2.46. The van der Waals surface area contributed by atoms with Gasteiger partial charge in [0.2, 0.25) is 5.28 Å². The molecule has 1 aromatic heterocycles. The molecule has 1 aliphatic carbocycles. The van der Waals surface area contributed by atoms with Gasteiger partial charge in [0.15, 0.2) is 11.6 Å². The van der Waals surface area contributed by atoms with E-state index in [0.29, 0.717) is 0 Å². The fourth-order valence-corrected chi connectivity index (χ4v) is 1.46. The van der Waals surface area contributed by atoms with Crippen LogP contribution in [0.15, 0.2) is 6.20 Å². The fourth-order valence-electron chi connectivity index (χ4n) is 1.33. The molecule has 0 saturated heterocycles. The summed E-state index contributed by atoms with van der Waals surface area (Å²) in [6.07, 6.45) is 2.10. The smallest absolute Gasteiger partial charge is 0.224 e. The number of nitrogens with one attached hydrogen (secondary N) is 1. The number of rotatable bonds is 2. The summed E-state index contributed by atoms with van der Waals surface area (Å²) in [6.45, 7) is 4.23. The van der Waals surface area contributed by atoms with E-state index in [-0.39, 0.29) is 22.6 Å². The summed E-state index contributed by atoms with van der Waals surface area (Å²) < 4.78 is 13.2. The average molecular weight is 216 g/mol. The fraction of sp³-hybridized carbons (Fsp3) is 0.556. The van der Waals surface area contributed by atoms with Crippen molar-refractivity contribution in [2.45, 2.75) is 26.3 Å². The maximum atomic E-state index is 13.2. The number of hydrogen-bond donors (Lipinski definition) is 1. The van der Waals surface area contributed by atoms with E-state index in [1.807, 2.05) is 0 Å². The lowest BCUT2D eigenvalue weighted by Gasteiger charge is -2.07. The largest absolute Gasteiger partial charge is 0.364 e. The Balaban J connectivity index is 2.13. The molecule has 1 unspecified atom stereocenters. The molecule has 1 N–H and O–H groups in total. The van der Waals surface area contributed by atoms with Crippen LogP contribution >= 0.6 is 11.6 Å². The van der Waals surface area contributed by atoms with Gasteiger partial charge in [0, 0.05) is 6.04 Å². The van der Waals surface area contributed by atoms with E-state index in [1.54, 1.807) is 0 Å². The van der Waals surface area contributed by atoms with Gasteiger partial charge in [0.05, 0.1) is 6.20 Å². The van der Waals surface area contributed by atoms with Crippen molar-refractivity contribution in [3.05, 3.63) is 17.3 Å². The third-order valence-electron chi connectivity index (χ3n) is 2.54. The molecule has 14 heavy (non-hydrogen) atoms. The van der Waals surface area contributed by atoms with E-state index in [4.69, 9.17) is 11.6 Å². The monoisotopic (exact) mass is 215 g/mol. The molecular weight excluding hydrogens is 205 g/mol. The lowest BCUT2D eigenvalue weighted by molar-refractivity contribution is 0.604. The van der Waals surface area contributed by atoms with Crippen LogP contribution in [0.1, 0.15) is 20.3 Å². The van der Waals surface area contributed by atoms with E-state index in [1.165, 1.54) is 0 Å². The first kappa shape index (κ1) is 9.65. The normalized spacial score (nSPS) is 23.3. The maximum absolute atomic E-state index is 13.2. The van der Waals surface area contributed by atoms with E-state index >= 15 is 0 Å². The van der Waals surface area contributed by atoms with Gasteiger partial charge in [-0.15, -0.1) is 0 Å². The van der Waals surface area contributed by atoms with Crippen molar-refractivity contribution in [1.29, 1.82) is 0 Å². The summed E-state index contributed by atoms with van der Waals surface area (Å²) >= 11 is 5.56. The topological polar surface area (TPSA) is 37.8 Å². The van der Waals surface area contributed by atoms with Crippen LogP contribution in [0, 0.1) is 11.2 Å². The van der Waals surface area contributed by atoms with E-state index < -0.39 is 5.82 Å². The van der Waals surface area contributed by atoms with Crippen LogP contribution in [0.2, 0.25) is 5.28 Å². The minimum absolute atomic E-state index is 0.0624. The molecule has 0 aliphatic heterocycles. The minimum Gasteiger partial charge on any atom is -0.364 e. The van der Waals surface area contributed by atoms with Crippen molar-refractivity contribution in [3.8, 4) is 0 Å². The Labute approximate surface area is 86.7 Å². The van der Waals surface area contributed by atoms with Crippen LogP contribution in [0.5, 0.6) is 0 Å². The lowest BCUT2D eigenvalue weighted by Crippen LogP contribution is -2.11. The van der Waals surface area contributed by atoms with Gasteiger partial charge in [-0.3, -0.25) is 0 Å². The number of aromatic nitrogens is 2. The number of hydrogen-bond acceptors (Lipinski definition) is 3. The SMILES string of the molecule is CC1(C)CC1Nc1nc(Cl)ncc1F. The Morgan fingerprint density at radius 3 is 2.86 bits per heavy atom. The van der Waals surface area contributed by atoms with Crippen molar-refractivity contribution in [2.24, 2.45) is 5.41 Å². The van der Waals surface area contributed by atoms with Crippen molar-refractivity contribution in [3.63, 3.8) is 0 Å². The Hall–Kier alpha value is -0.900. The second kappa shape index (κ2) is 3.05. The molecule has 1 heterocycles. The molecule has 1 aliphatic rings. The molecule has 0 bridgehead atoms. The van der Waals surface area contributed by atoms with Gasteiger partial charge in [-0.1, -0.05) is 13.8 Å². The van der Waals surface area contributed by atoms with Gasteiger partial charge in [-0.05, 0) is 23.4 Å². The van der Waals surface area contributed by atoms with Crippen molar-refractivity contribution in [1.82, 2.24) is 9.97 Å². The average Bonchev–Trinajstić information content (AvgIpc) is 2.67. The Bertz CT molecular complexity index is 367. The lowest BCUT2D eigenvalue weighted by atomic mass is 10.2. The summed E-state index contributed by atoms with van der Waals surface area (Å²) in [7, 11) is 0. The summed E-state index contributed by atoms with van der Waals surface area (Å²) in [5.41, 5.74) is 0.226. The highest BCUT2D eigenvalue weighted by atomic mass is 35.5. The molecule has 0 spiro atoms. The first-order valence-corrected chi connectivity index (χ1v) is 4.81. The van der Waals surface area contributed by atoms with Gasteiger partial charge in [0.25, 0.3) is 0 Å². The van der Waals surface area contributed by atoms with Crippen LogP contribution in [-0.2, 0) is 0 Å². The van der Waals surface area contributed by atoms with Gasteiger partial charge in [-0.25, -0.2) is 9.37 Å². The molecule has 3 nitrogen and oxygen atoms in total. The molecule has 0 aromatic carbocycles. The second-order valence-corrected chi connectivity index (χ2v) is 4.56. The number of halogens is 2.